The SMILES string of the molecule is c1ccc(-c2ccc3nc4c5cccc6c7cc8c9ccccc9n(-c9ccccc9)c8cc7n(c4nc3c2)c65)cc1.c1ccc(-n2c3cc4c(cc3c3c5ccccc5ccc32)c2cccc3c5nc6ccccc6nc5n4c23)cc1.c1ccc(-n2c3ccccc3c3cc4c5cc(-c6ccc7sc8ccccc8c7c6)cc6c7nc8ccccc8nc7n(c4cc32)c56)cc1. The second-order valence-corrected chi connectivity index (χ2v) is 35.8. The van der Waals surface area contributed by atoms with Gasteiger partial charge in [0.2, 0.25) is 0 Å². The molecular weight excluding hydrogens is 1620 g/mol. The first kappa shape index (κ1) is 70.7. The average Bonchev–Trinajstić information content (AvgIpc) is 1.53. The van der Waals surface area contributed by atoms with Gasteiger partial charge in [0.25, 0.3) is 0 Å². The lowest BCUT2D eigenvalue weighted by molar-refractivity contribution is 1.18. The monoisotopic (exact) mass is 1680 g/mol. The Hall–Kier alpha value is -17.5. The summed E-state index contributed by atoms with van der Waals surface area (Å²) >= 11 is 1.86. The zero-order chi connectivity index (χ0) is 85.1. The molecule has 0 unspecified atom stereocenters. The zero-order valence-corrected chi connectivity index (χ0v) is 70.7. The van der Waals surface area contributed by atoms with Crippen LogP contribution in [0, 0.1) is 0 Å². The number of fused-ring (bicyclic) bond motifs is 35. The molecule has 0 amide bonds. The van der Waals surface area contributed by atoms with E-state index in [2.05, 4.69) is 385 Å². The minimum atomic E-state index is 0.895. The van der Waals surface area contributed by atoms with E-state index >= 15 is 0 Å². The molecule has 12 nitrogen and oxygen atoms in total. The van der Waals surface area contributed by atoms with Crippen LogP contribution < -0.4 is 0 Å². The summed E-state index contributed by atoms with van der Waals surface area (Å²) in [5.74, 6) is 0. The Morgan fingerprint density at radius 1 is 0.176 bits per heavy atom. The van der Waals surface area contributed by atoms with Crippen molar-refractivity contribution >= 4 is 256 Å². The zero-order valence-electron chi connectivity index (χ0n) is 69.9. The quantitative estimate of drug-likeness (QED) is 0.170. The highest BCUT2D eigenvalue weighted by Crippen LogP contribution is 2.50. The highest BCUT2D eigenvalue weighted by Gasteiger charge is 2.29. The predicted molar refractivity (Wildman–Crippen MR) is 547 cm³/mol. The molecule has 13 heteroatoms. The lowest BCUT2D eigenvalue weighted by atomic mass is 9.98. The molecule has 0 spiro atoms. The van der Waals surface area contributed by atoms with E-state index in [4.69, 9.17) is 29.9 Å². The fraction of sp³-hybridized carbons (Fsp3) is 0. The van der Waals surface area contributed by atoms with Crippen molar-refractivity contribution in [3.63, 3.8) is 0 Å². The van der Waals surface area contributed by atoms with Gasteiger partial charge >= 0.3 is 0 Å². The molecule has 0 aliphatic rings. The van der Waals surface area contributed by atoms with Gasteiger partial charge < -0.3 is 13.7 Å². The van der Waals surface area contributed by atoms with Crippen molar-refractivity contribution in [1.29, 1.82) is 0 Å². The van der Waals surface area contributed by atoms with Gasteiger partial charge in [0.15, 0.2) is 16.9 Å². The first-order valence-corrected chi connectivity index (χ1v) is 45.3. The molecule has 0 atom stereocenters. The van der Waals surface area contributed by atoms with Gasteiger partial charge in [-0.3, -0.25) is 13.2 Å². The Morgan fingerprint density at radius 3 is 1.13 bits per heavy atom. The van der Waals surface area contributed by atoms with Gasteiger partial charge in [0.1, 0.15) is 16.6 Å². The van der Waals surface area contributed by atoms with Gasteiger partial charge in [0.05, 0.1) is 99.3 Å². The van der Waals surface area contributed by atoms with Gasteiger partial charge in [-0.2, -0.15) is 0 Å². The first-order valence-electron chi connectivity index (χ1n) is 44.5. The molecule has 604 valence electrons. The molecule has 0 fully saturated rings. The first-order chi connectivity index (χ1) is 65.0. The normalized spacial score (nSPS) is 12.4. The van der Waals surface area contributed by atoms with Crippen LogP contribution in [-0.2, 0) is 0 Å². The van der Waals surface area contributed by atoms with E-state index in [0.29, 0.717) is 0 Å². The number of aromatic nitrogens is 12. The standard InChI is InChI=1S/C44H24N4S.C38H22N4.C36H20N4/c1-2-10-27(11-3-1)47-37-16-8-4-12-28(37)30-23-31-33-21-26(25-18-19-41-32(20-25)29-13-5-9-17-40(29)49-41)22-34-42-44(46-36-15-7-6-14-35(36)45-42)48(43(33)34)39(31)24-38(30)47;1-3-10-23(11-4-1)24-18-19-31-32(20-24)40-38-36(39-31)28-16-9-15-27-30-21-29-26-14-7-8-17-33(26)41(25-12-5-2-6-13-25)34(29)22-35(30)42(38)37(27)28;1-2-10-22(11-3-1)39-30-18-17-21-9-4-5-12-23(21)33(30)27-19-26-24-13-8-14-25-34-36(38-29-16-7-6-15-28(29)37-34)40(35(24)25)31(26)20-32(27)39/h1-24H;1-22H;1-20H. The largest absolute Gasteiger partial charge is 0.309 e. The molecule has 0 bridgehead atoms. The molecule has 32 aromatic rings. The minimum Gasteiger partial charge on any atom is -0.309 e. The van der Waals surface area contributed by atoms with Crippen LogP contribution >= 0.6 is 11.3 Å². The van der Waals surface area contributed by atoms with E-state index in [9.17, 15) is 0 Å². The van der Waals surface area contributed by atoms with Crippen molar-refractivity contribution < 1.29 is 0 Å². The van der Waals surface area contributed by atoms with Crippen LogP contribution in [-0.4, -0.2) is 56.8 Å². The third-order valence-corrected chi connectivity index (χ3v) is 29.0. The lowest BCUT2D eigenvalue weighted by Crippen LogP contribution is -1.93. The maximum Gasteiger partial charge on any atom is 0.165 e. The highest BCUT2D eigenvalue weighted by atomic mass is 32.1. The van der Waals surface area contributed by atoms with Crippen LogP contribution in [0.4, 0.5) is 0 Å². The van der Waals surface area contributed by atoms with Crippen molar-refractivity contribution in [3.8, 4) is 39.3 Å². The van der Waals surface area contributed by atoms with Gasteiger partial charge in [-0.25, -0.2) is 29.9 Å². The summed E-state index contributed by atoms with van der Waals surface area (Å²) in [4.78, 5) is 31.3. The molecular formula is C118H66N12S. The fourth-order valence-corrected chi connectivity index (χ4v) is 23.3. The maximum absolute atomic E-state index is 5.30. The van der Waals surface area contributed by atoms with Crippen molar-refractivity contribution in [2.24, 2.45) is 0 Å². The number of hydrogen-bond acceptors (Lipinski definition) is 7. The van der Waals surface area contributed by atoms with Gasteiger partial charge in [-0.1, -0.05) is 243 Å². The van der Waals surface area contributed by atoms with E-state index in [-0.39, 0.29) is 0 Å². The molecule has 13 aromatic heterocycles. The second-order valence-electron chi connectivity index (χ2n) is 34.8. The average molecular weight is 1680 g/mol. The summed E-state index contributed by atoms with van der Waals surface area (Å²) in [6.07, 6.45) is 0. The van der Waals surface area contributed by atoms with E-state index in [1.807, 2.05) is 53.8 Å². The topological polar surface area (TPSA) is 105 Å². The molecule has 0 aliphatic carbocycles. The molecule has 0 aliphatic heterocycles. The Balaban J connectivity index is 0.0000000951. The number of rotatable bonds is 5. The Kier molecular flexibility index (Phi) is 14.3. The van der Waals surface area contributed by atoms with Gasteiger partial charge in [-0.05, 0) is 191 Å². The molecule has 0 saturated carbocycles. The number of benzene rings is 19. The predicted octanol–water partition coefficient (Wildman–Crippen LogP) is 30.5. The molecule has 13 heterocycles. The minimum absolute atomic E-state index is 0.895. The van der Waals surface area contributed by atoms with Crippen LogP contribution in [0.1, 0.15) is 0 Å². The van der Waals surface area contributed by atoms with Gasteiger partial charge in [0, 0.05) is 118 Å². The summed E-state index contributed by atoms with van der Waals surface area (Å²) in [6.45, 7) is 0. The number of thiophene rings is 1. The fourth-order valence-electron chi connectivity index (χ4n) is 22.2. The second kappa shape index (κ2) is 26.5. The Morgan fingerprint density at radius 2 is 0.557 bits per heavy atom. The van der Waals surface area contributed by atoms with Crippen molar-refractivity contribution in [2.45, 2.75) is 0 Å². The molecule has 131 heavy (non-hydrogen) atoms. The summed E-state index contributed by atoms with van der Waals surface area (Å²) in [7, 11) is 0. The van der Waals surface area contributed by atoms with Crippen LogP contribution in [0.25, 0.3) is 284 Å². The summed E-state index contributed by atoms with van der Waals surface area (Å²) < 4.78 is 16.8. The van der Waals surface area contributed by atoms with Crippen LogP contribution in [0.5, 0.6) is 0 Å². The van der Waals surface area contributed by atoms with E-state index in [0.717, 1.165) is 122 Å². The number of para-hydroxylation sites is 11. The van der Waals surface area contributed by atoms with E-state index < -0.39 is 0 Å². The Bertz CT molecular complexity index is 10500. The third-order valence-electron chi connectivity index (χ3n) is 27.8. The molecule has 0 radical (unpaired) electrons. The van der Waals surface area contributed by atoms with Crippen LogP contribution in [0.2, 0.25) is 0 Å². The van der Waals surface area contributed by atoms with Crippen molar-refractivity contribution in [2.75, 3.05) is 0 Å². The van der Waals surface area contributed by atoms with E-state index in [1.165, 1.54) is 162 Å². The third kappa shape index (κ3) is 9.95. The van der Waals surface area contributed by atoms with Crippen molar-refractivity contribution in [1.82, 2.24) is 56.8 Å². The van der Waals surface area contributed by atoms with Crippen molar-refractivity contribution in [3.05, 3.63) is 400 Å². The summed E-state index contributed by atoms with van der Waals surface area (Å²) in [5.41, 5.74) is 33.3. The summed E-state index contributed by atoms with van der Waals surface area (Å²) in [5, 5.41) is 23.5. The van der Waals surface area contributed by atoms with Crippen LogP contribution in [0.3, 0.4) is 0 Å². The number of nitrogens with zero attached hydrogens (tertiary/aromatic N) is 12. The van der Waals surface area contributed by atoms with Crippen LogP contribution in [0.15, 0.2) is 400 Å². The molecule has 0 saturated heterocycles. The molecule has 19 aromatic carbocycles. The number of hydrogen-bond donors (Lipinski definition) is 0. The Labute approximate surface area is 747 Å². The smallest absolute Gasteiger partial charge is 0.165 e. The van der Waals surface area contributed by atoms with Gasteiger partial charge in [-0.15, -0.1) is 11.3 Å². The maximum atomic E-state index is 5.30. The molecule has 0 N–H and O–H groups in total. The lowest BCUT2D eigenvalue weighted by Gasteiger charge is -2.08. The van der Waals surface area contributed by atoms with E-state index in [1.54, 1.807) is 0 Å². The molecule has 32 rings (SSSR count). The highest BCUT2D eigenvalue weighted by molar-refractivity contribution is 7.25. The summed E-state index contributed by atoms with van der Waals surface area (Å²) in [6, 6.07) is 144.